The summed E-state index contributed by atoms with van der Waals surface area (Å²) in [7, 11) is 0. The lowest BCUT2D eigenvalue weighted by atomic mass is 10.1. The molecule has 0 unspecified atom stereocenters. The fraction of sp³-hybridized carbons (Fsp3) is 0.400. The number of nitrogens with zero attached hydrogens (tertiary/aromatic N) is 6. The van der Waals surface area contributed by atoms with E-state index >= 15 is 0 Å². The zero-order valence-corrected chi connectivity index (χ0v) is 16.2. The Labute approximate surface area is 164 Å². The molecule has 0 aliphatic carbocycles. The third-order valence-corrected chi connectivity index (χ3v) is 5.29. The maximum atomic E-state index is 12.6. The van der Waals surface area contributed by atoms with Gasteiger partial charge >= 0.3 is 0 Å². The van der Waals surface area contributed by atoms with Crippen LogP contribution in [-0.4, -0.2) is 55.0 Å². The molecule has 1 fully saturated rings. The highest BCUT2D eigenvalue weighted by atomic mass is 16.2. The van der Waals surface area contributed by atoms with Crippen molar-refractivity contribution in [2.45, 2.75) is 32.7 Å². The highest BCUT2D eigenvalue weighted by molar-refractivity contribution is 5.93. The highest BCUT2D eigenvalue weighted by Crippen LogP contribution is 2.24. The van der Waals surface area contributed by atoms with Gasteiger partial charge in [-0.05, 0) is 38.8 Å². The molecule has 0 atom stereocenters. The Morgan fingerprint density at radius 1 is 1.18 bits per heavy atom. The largest absolute Gasteiger partial charge is 0.322 e. The Morgan fingerprint density at radius 3 is 2.61 bits per heavy atom. The maximum Gasteiger partial charge on any atom is 0.238 e. The van der Waals surface area contributed by atoms with Gasteiger partial charge in [0.1, 0.15) is 12.7 Å². The van der Waals surface area contributed by atoms with Crippen molar-refractivity contribution in [1.29, 1.82) is 0 Å². The van der Waals surface area contributed by atoms with Crippen molar-refractivity contribution in [1.82, 2.24) is 29.4 Å². The van der Waals surface area contributed by atoms with Crippen LogP contribution >= 0.6 is 0 Å². The van der Waals surface area contributed by atoms with E-state index in [1.54, 1.807) is 12.7 Å². The average molecular weight is 379 g/mol. The number of rotatable bonds is 5. The monoisotopic (exact) mass is 379 g/mol. The second-order valence-corrected chi connectivity index (χ2v) is 7.22. The molecular weight excluding hydrogens is 354 g/mol. The molecule has 1 aliphatic heterocycles. The van der Waals surface area contributed by atoms with Gasteiger partial charge in [-0.25, -0.2) is 14.3 Å². The van der Waals surface area contributed by atoms with Crippen LogP contribution < -0.4 is 5.32 Å². The molecular formula is C20H25N7O. The first-order chi connectivity index (χ1) is 13.6. The molecule has 1 saturated heterocycles. The predicted octanol–water partition coefficient (Wildman–Crippen LogP) is 2.36. The Kier molecular flexibility index (Phi) is 5.21. The van der Waals surface area contributed by atoms with Crippen molar-refractivity contribution in [3.63, 3.8) is 0 Å². The zero-order valence-electron chi connectivity index (χ0n) is 16.2. The lowest BCUT2D eigenvalue weighted by molar-refractivity contribution is -0.117. The summed E-state index contributed by atoms with van der Waals surface area (Å²) in [5, 5.41) is 11.9. The molecule has 1 amide bonds. The molecule has 0 spiro atoms. The number of carbonyl (C=O) groups is 1. The maximum absolute atomic E-state index is 12.6. The molecule has 0 bridgehead atoms. The van der Waals surface area contributed by atoms with Crippen LogP contribution in [0.2, 0.25) is 0 Å². The molecule has 4 rings (SSSR count). The standard InChI is InChI=1S/C20H25N7O/c1-15-20(16(2)27(24-15)18-6-4-3-5-7-18)23-19(28)12-25-10-8-17(9-11-25)26-14-21-13-22-26/h3-7,13-14,17H,8-12H2,1-2H3,(H,23,28). The second kappa shape index (κ2) is 7.93. The third kappa shape index (κ3) is 3.82. The number of piperidine rings is 1. The molecule has 1 aromatic carbocycles. The summed E-state index contributed by atoms with van der Waals surface area (Å²) < 4.78 is 3.79. The number of hydrogen-bond donors (Lipinski definition) is 1. The average Bonchev–Trinajstić information content (AvgIpc) is 3.34. The Bertz CT molecular complexity index is 925. The van der Waals surface area contributed by atoms with Gasteiger partial charge < -0.3 is 5.32 Å². The second-order valence-electron chi connectivity index (χ2n) is 7.22. The molecule has 8 nitrogen and oxygen atoms in total. The zero-order chi connectivity index (χ0) is 19.5. The molecule has 0 saturated carbocycles. The molecule has 3 aromatic rings. The molecule has 146 valence electrons. The number of aryl methyl sites for hydroxylation is 1. The Hall–Kier alpha value is -3.00. The highest BCUT2D eigenvalue weighted by Gasteiger charge is 2.23. The van der Waals surface area contributed by atoms with E-state index < -0.39 is 0 Å². The topological polar surface area (TPSA) is 80.9 Å². The van der Waals surface area contributed by atoms with Crippen LogP contribution in [0, 0.1) is 13.8 Å². The number of para-hydroxylation sites is 1. The summed E-state index contributed by atoms with van der Waals surface area (Å²) in [5.74, 6) is -0.00184. The summed E-state index contributed by atoms with van der Waals surface area (Å²) in [4.78, 5) is 18.8. The van der Waals surface area contributed by atoms with Crippen LogP contribution in [0.15, 0.2) is 43.0 Å². The van der Waals surface area contributed by atoms with E-state index in [1.165, 1.54) is 0 Å². The third-order valence-electron chi connectivity index (χ3n) is 5.29. The smallest absolute Gasteiger partial charge is 0.238 e. The van der Waals surface area contributed by atoms with Gasteiger partial charge in [-0.1, -0.05) is 18.2 Å². The number of benzene rings is 1. The number of nitrogens with one attached hydrogen (secondary N) is 1. The van der Waals surface area contributed by atoms with E-state index in [0.717, 1.165) is 48.7 Å². The number of hydrogen-bond acceptors (Lipinski definition) is 5. The van der Waals surface area contributed by atoms with Gasteiger partial charge in [0.25, 0.3) is 0 Å². The van der Waals surface area contributed by atoms with E-state index in [1.807, 2.05) is 53.5 Å². The van der Waals surface area contributed by atoms with Crippen molar-refractivity contribution in [3.05, 3.63) is 54.4 Å². The van der Waals surface area contributed by atoms with E-state index in [4.69, 9.17) is 0 Å². The quantitative estimate of drug-likeness (QED) is 0.736. The SMILES string of the molecule is Cc1nn(-c2ccccc2)c(C)c1NC(=O)CN1CCC(n2cncn2)CC1. The number of aromatic nitrogens is 5. The van der Waals surface area contributed by atoms with Crippen LogP contribution in [0.5, 0.6) is 0 Å². The van der Waals surface area contributed by atoms with Gasteiger partial charge in [-0.15, -0.1) is 0 Å². The summed E-state index contributed by atoms with van der Waals surface area (Å²) in [6.07, 6.45) is 5.28. The summed E-state index contributed by atoms with van der Waals surface area (Å²) in [6, 6.07) is 10.3. The fourth-order valence-electron chi connectivity index (χ4n) is 3.77. The number of carbonyl (C=O) groups excluding carboxylic acids is 1. The Morgan fingerprint density at radius 2 is 1.93 bits per heavy atom. The van der Waals surface area contributed by atoms with Crippen LogP contribution in [-0.2, 0) is 4.79 Å². The van der Waals surface area contributed by atoms with Gasteiger partial charge in [-0.2, -0.15) is 10.2 Å². The van der Waals surface area contributed by atoms with E-state index in [-0.39, 0.29) is 5.91 Å². The van der Waals surface area contributed by atoms with Gasteiger partial charge in [0, 0.05) is 13.1 Å². The molecule has 8 heteroatoms. The summed E-state index contributed by atoms with van der Waals surface area (Å²) in [5.41, 5.74) is 3.53. The molecule has 28 heavy (non-hydrogen) atoms. The number of likely N-dealkylation sites (tertiary alicyclic amines) is 1. The minimum Gasteiger partial charge on any atom is -0.322 e. The van der Waals surface area contributed by atoms with Crippen molar-refractivity contribution in [2.75, 3.05) is 25.0 Å². The lowest BCUT2D eigenvalue weighted by Gasteiger charge is -2.31. The van der Waals surface area contributed by atoms with Crippen molar-refractivity contribution >= 4 is 11.6 Å². The van der Waals surface area contributed by atoms with Crippen LogP contribution in [0.4, 0.5) is 5.69 Å². The Balaban J connectivity index is 1.36. The van der Waals surface area contributed by atoms with E-state index in [2.05, 4.69) is 25.4 Å². The first-order valence-corrected chi connectivity index (χ1v) is 9.60. The van der Waals surface area contributed by atoms with Crippen LogP contribution in [0.3, 0.4) is 0 Å². The fourth-order valence-corrected chi connectivity index (χ4v) is 3.77. The van der Waals surface area contributed by atoms with Crippen LogP contribution in [0.1, 0.15) is 30.3 Å². The van der Waals surface area contributed by atoms with Gasteiger partial charge in [0.05, 0.1) is 35.3 Å². The predicted molar refractivity (Wildman–Crippen MR) is 106 cm³/mol. The van der Waals surface area contributed by atoms with Crippen LogP contribution in [0.25, 0.3) is 5.69 Å². The first kappa shape index (κ1) is 18.4. The molecule has 1 N–H and O–H groups in total. The molecule has 1 aliphatic rings. The number of amides is 1. The van der Waals surface area contributed by atoms with Gasteiger partial charge in [0.2, 0.25) is 5.91 Å². The van der Waals surface area contributed by atoms with Crippen molar-refractivity contribution in [3.8, 4) is 5.69 Å². The van der Waals surface area contributed by atoms with Gasteiger partial charge in [0.15, 0.2) is 0 Å². The lowest BCUT2D eigenvalue weighted by Crippen LogP contribution is -2.39. The van der Waals surface area contributed by atoms with Gasteiger partial charge in [-0.3, -0.25) is 9.69 Å². The summed E-state index contributed by atoms with van der Waals surface area (Å²) >= 11 is 0. The molecule has 0 radical (unpaired) electrons. The van der Waals surface area contributed by atoms with E-state index in [0.29, 0.717) is 12.6 Å². The molecule has 3 heterocycles. The minimum absolute atomic E-state index is 0.00184. The van der Waals surface area contributed by atoms with Crippen molar-refractivity contribution in [2.24, 2.45) is 0 Å². The van der Waals surface area contributed by atoms with Crippen molar-refractivity contribution < 1.29 is 4.79 Å². The number of anilines is 1. The minimum atomic E-state index is -0.00184. The summed E-state index contributed by atoms with van der Waals surface area (Å²) in [6.45, 7) is 6.04. The molecule has 2 aromatic heterocycles. The normalized spacial score (nSPS) is 15.6. The first-order valence-electron chi connectivity index (χ1n) is 9.60. The van der Waals surface area contributed by atoms with E-state index in [9.17, 15) is 4.79 Å².